The number of halogens is 2. The van der Waals surface area contributed by atoms with Crippen LogP contribution in [0, 0.1) is 18.2 Å². The van der Waals surface area contributed by atoms with E-state index in [0.29, 0.717) is 0 Å². The predicted octanol–water partition coefficient (Wildman–Crippen LogP) is 2.23. The molecule has 1 rings (SSSR count). The first-order valence-corrected chi connectivity index (χ1v) is 4.64. The zero-order valence-corrected chi connectivity index (χ0v) is 8.81. The molecule has 0 heterocycles. The molecule has 1 aromatic carbocycles. The summed E-state index contributed by atoms with van der Waals surface area (Å²) in [6.07, 6.45) is 5.08. The normalized spacial score (nSPS) is 11.6. The highest BCUT2D eigenvalue weighted by atomic mass is 35.5. The molecule has 4 heteroatoms. The second-order valence-corrected chi connectivity index (χ2v) is 3.42. The molecule has 0 spiro atoms. The highest BCUT2D eigenvalue weighted by molar-refractivity contribution is 6.30. The number of benzene rings is 1. The van der Waals surface area contributed by atoms with Crippen molar-refractivity contribution in [3.63, 3.8) is 0 Å². The Bertz CT molecular complexity index is 425. The van der Waals surface area contributed by atoms with E-state index in [1.54, 1.807) is 6.92 Å². The average Bonchev–Trinajstić information content (AvgIpc) is 2.17. The number of carbonyl (C=O) groups is 1. The lowest BCUT2D eigenvalue weighted by Gasteiger charge is -2.08. The van der Waals surface area contributed by atoms with Crippen molar-refractivity contribution in [3.05, 3.63) is 34.6 Å². The Morgan fingerprint density at radius 2 is 2.33 bits per heavy atom. The monoisotopic (exact) mass is 225 g/mol. The third-order valence-electron chi connectivity index (χ3n) is 1.77. The maximum Gasteiger partial charge on any atom is 0.255 e. The van der Waals surface area contributed by atoms with Gasteiger partial charge in [-0.25, -0.2) is 4.39 Å². The SMILES string of the molecule is C#CC(C)NC(=O)c1ccc(Cl)cc1F. The zero-order chi connectivity index (χ0) is 11.4. The Labute approximate surface area is 92.4 Å². The van der Waals surface area contributed by atoms with Gasteiger partial charge in [0.2, 0.25) is 0 Å². The third kappa shape index (κ3) is 2.97. The van der Waals surface area contributed by atoms with Crippen LogP contribution in [0.1, 0.15) is 17.3 Å². The summed E-state index contributed by atoms with van der Waals surface area (Å²) in [6, 6.07) is 3.40. The van der Waals surface area contributed by atoms with Crippen molar-refractivity contribution in [2.45, 2.75) is 13.0 Å². The lowest BCUT2D eigenvalue weighted by atomic mass is 10.2. The molecular weight excluding hydrogens is 217 g/mol. The Kier molecular flexibility index (Phi) is 3.70. The van der Waals surface area contributed by atoms with Gasteiger partial charge in [-0.2, -0.15) is 0 Å². The first-order chi connectivity index (χ1) is 7.04. The summed E-state index contributed by atoms with van der Waals surface area (Å²) in [6.45, 7) is 1.63. The lowest BCUT2D eigenvalue weighted by Crippen LogP contribution is -2.31. The Morgan fingerprint density at radius 3 is 2.87 bits per heavy atom. The quantitative estimate of drug-likeness (QED) is 0.769. The number of terminal acetylenes is 1. The van der Waals surface area contributed by atoms with Crippen LogP contribution < -0.4 is 5.32 Å². The van der Waals surface area contributed by atoms with Crippen LogP contribution in [0.4, 0.5) is 4.39 Å². The standard InChI is InChI=1S/C11H9ClFNO/c1-3-7(2)14-11(15)9-5-4-8(12)6-10(9)13/h1,4-7H,2H3,(H,14,15). The van der Waals surface area contributed by atoms with Crippen LogP contribution in [0.3, 0.4) is 0 Å². The van der Waals surface area contributed by atoms with Crippen LogP contribution in [0.15, 0.2) is 18.2 Å². The molecule has 0 aliphatic heterocycles. The summed E-state index contributed by atoms with van der Waals surface area (Å²) in [4.78, 5) is 11.5. The summed E-state index contributed by atoms with van der Waals surface area (Å²) >= 11 is 5.55. The molecule has 0 aromatic heterocycles. The molecule has 0 bridgehead atoms. The predicted molar refractivity (Wildman–Crippen MR) is 57.2 cm³/mol. The van der Waals surface area contributed by atoms with Crippen LogP contribution in [-0.4, -0.2) is 11.9 Å². The largest absolute Gasteiger partial charge is 0.339 e. The van der Waals surface area contributed by atoms with Crippen LogP contribution in [0.2, 0.25) is 5.02 Å². The van der Waals surface area contributed by atoms with Crippen molar-refractivity contribution < 1.29 is 9.18 Å². The molecule has 0 fully saturated rings. The van der Waals surface area contributed by atoms with E-state index in [1.165, 1.54) is 12.1 Å². The maximum atomic E-state index is 13.3. The van der Waals surface area contributed by atoms with Crippen LogP contribution in [0.25, 0.3) is 0 Å². The second kappa shape index (κ2) is 4.81. The number of amides is 1. The molecule has 0 aliphatic carbocycles. The topological polar surface area (TPSA) is 29.1 Å². The summed E-state index contributed by atoms with van der Waals surface area (Å²) in [5, 5.41) is 2.69. The number of hydrogen-bond donors (Lipinski definition) is 1. The molecule has 1 N–H and O–H groups in total. The molecule has 1 aromatic rings. The lowest BCUT2D eigenvalue weighted by molar-refractivity contribution is 0.0944. The van der Waals surface area contributed by atoms with Crippen molar-refractivity contribution in [2.75, 3.05) is 0 Å². The van der Waals surface area contributed by atoms with Crippen molar-refractivity contribution in [2.24, 2.45) is 0 Å². The summed E-state index contributed by atoms with van der Waals surface area (Å²) in [7, 11) is 0. The van der Waals surface area contributed by atoms with Crippen molar-refractivity contribution in [3.8, 4) is 12.3 Å². The van der Waals surface area contributed by atoms with Gasteiger partial charge in [0.25, 0.3) is 5.91 Å². The van der Waals surface area contributed by atoms with Gasteiger partial charge in [-0.1, -0.05) is 17.5 Å². The van der Waals surface area contributed by atoms with Gasteiger partial charge in [-0.15, -0.1) is 6.42 Å². The first-order valence-electron chi connectivity index (χ1n) is 4.26. The number of rotatable bonds is 2. The molecule has 1 atom stereocenters. The van der Waals surface area contributed by atoms with Crippen molar-refractivity contribution in [1.82, 2.24) is 5.32 Å². The van der Waals surface area contributed by atoms with Gasteiger partial charge in [-0.3, -0.25) is 4.79 Å². The maximum absolute atomic E-state index is 13.3. The molecular formula is C11H9ClFNO. The van der Waals surface area contributed by atoms with Gasteiger partial charge in [-0.05, 0) is 25.1 Å². The molecule has 0 saturated heterocycles. The van der Waals surface area contributed by atoms with Gasteiger partial charge in [0, 0.05) is 5.02 Å². The fourth-order valence-electron chi connectivity index (χ4n) is 0.990. The van der Waals surface area contributed by atoms with E-state index in [-0.39, 0.29) is 10.6 Å². The number of nitrogens with one attached hydrogen (secondary N) is 1. The summed E-state index contributed by atoms with van der Waals surface area (Å²) in [5.74, 6) is 1.11. The minimum Gasteiger partial charge on any atom is -0.339 e. The van der Waals surface area contributed by atoms with Gasteiger partial charge >= 0.3 is 0 Å². The van der Waals surface area contributed by atoms with Crippen LogP contribution in [-0.2, 0) is 0 Å². The zero-order valence-electron chi connectivity index (χ0n) is 8.05. The van der Waals surface area contributed by atoms with E-state index in [9.17, 15) is 9.18 Å². The molecule has 0 saturated carbocycles. The molecule has 1 unspecified atom stereocenters. The Balaban J connectivity index is 2.88. The van der Waals surface area contributed by atoms with E-state index in [2.05, 4.69) is 11.2 Å². The van der Waals surface area contributed by atoms with E-state index >= 15 is 0 Å². The first kappa shape index (κ1) is 11.5. The molecule has 78 valence electrons. The smallest absolute Gasteiger partial charge is 0.255 e. The minimum atomic E-state index is -0.663. The molecule has 1 amide bonds. The number of carbonyl (C=O) groups excluding carboxylic acids is 1. The van der Waals surface area contributed by atoms with Gasteiger partial charge in [0.05, 0.1) is 11.6 Å². The summed E-state index contributed by atoms with van der Waals surface area (Å²) in [5.41, 5.74) is -0.0681. The van der Waals surface area contributed by atoms with Crippen LogP contribution in [0.5, 0.6) is 0 Å². The van der Waals surface area contributed by atoms with Gasteiger partial charge in [0.1, 0.15) is 5.82 Å². The highest BCUT2D eigenvalue weighted by Crippen LogP contribution is 2.14. The van der Waals surface area contributed by atoms with E-state index in [0.717, 1.165) is 6.07 Å². The fraction of sp³-hybridized carbons (Fsp3) is 0.182. The Morgan fingerprint density at radius 1 is 1.67 bits per heavy atom. The highest BCUT2D eigenvalue weighted by Gasteiger charge is 2.12. The number of hydrogen-bond acceptors (Lipinski definition) is 1. The van der Waals surface area contributed by atoms with Crippen molar-refractivity contribution in [1.29, 1.82) is 0 Å². The van der Waals surface area contributed by atoms with Gasteiger partial charge in [0.15, 0.2) is 0 Å². The minimum absolute atomic E-state index is 0.0681. The summed E-state index contributed by atoms with van der Waals surface area (Å²) < 4.78 is 13.3. The molecule has 2 nitrogen and oxygen atoms in total. The molecule has 0 radical (unpaired) electrons. The van der Waals surface area contributed by atoms with E-state index < -0.39 is 17.8 Å². The van der Waals surface area contributed by atoms with Gasteiger partial charge < -0.3 is 5.32 Å². The Hall–Kier alpha value is -1.53. The molecule has 0 aliphatic rings. The average molecular weight is 226 g/mol. The van der Waals surface area contributed by atoms with E-state index in [4.69, 9.17) is 18.0 Å². The third-order valence-corrected chi connectivity index (χ3v) is 2.01. The van der Waals surface area contributed by atoms with Crippen LogP contribution >= 0.6 is 11.6 Å². The fourth-order valence-corrected chi connectivity index (χ4v) is 1.15. The van der Waals surface area contributed by atoms with E-state index in [1.807, 2.05) is 0 Å². The molecule has 15 heavy (non-hydrogen) atoms. The second-order valence-electron chi connectivity index (χ2n) is 2.99. The van der Waals surface area contributed by atoms with Crippen molar-refractivity contribution >= 4 is 17.5 Å².